The number of amides is 4. The summed E-state index contributed by atoms with van der Waals surface area (Å²) in [4.78, 5) is 41.2. The fourth-order valence-electron chi connectivity index (χ4n) is 3.57. The first-order chi connectivity index (χ1) is 17.5. The number of rotatable bonds is 13. The Bertz CT molecular complexity index is 1110. The van der Waals surface area contributed by atoms with Crippen molar-refractivity contribution in [3.63, 3.8) is 0 Å². The largest absolute Gasteiger partial charge is 0.338 e. The monoisotopic (exact) mass is 509 g/mol. The van der Waals surface area contributed by atoms with E-state index in [9.17, 15) is 14.4 Å². The minimum atomic E-state index is -0.766. The predicted octanol–water partition coefficient (Wildman–Crippen LogP) is 4.12. The molecular weight excluding hydrogens is 478 g/mol. The summed E-state index contributed by atoms with van der Waals surface area (Å²) in [6.45, 7) is 0.438. The van der Waals surface area contributed by atoms with Gasteiger partial charge in [0.05, 0.1) is 5.69 Å². The average Bonchev–Trinajstić information content (AvgIpc) is 3.37. The maximum atomic E-state index is 13.0. The maximum Gasteiger partial charge on any atom is 0.315 e. The van der Waals surface area contributed by atoms with Crippen molar-refractivity contribution < 1.29 is 19.6 Å². The minimum absolute atomic E-state index is 0.197. The Morgan fingerprint density at radius 3 is 2.39 bits per heavy atom. The van der Waals surface area contributed by atoms with Crippen LogP contribution < -0.4 is 21.4 Å². The van der Waals surface area contributed by atoms with Crippen molar-refractivity contribution in [2.24, 2.45) is 0 Å². The first-order valence-electron chi connectivity index (χ1n) is 11.9. The highest BCUT2D eigenvalue weighted by Gasteiger charge is 2.21. The van der Waals surface area contributed by atoms with Gasteiger partial charge in [-0.25, -0.2) is 15.3 Å². The van der Waals surface area contributed by atoms with Crippen LogP contribution >= 0.6 is 11.3 Å². The van der Waals surface area contributed by atoms with Gasteiger partial charge in [-0.15, -0.1) is 11.3 Å². The van der Waals surface area contributed by atoms with E-state index < -0.39 is 18.0 Å². The highest BCUT2D eigenvalue weighted by Crippen LogP contribution is 2.24. The summed E-state index contributed by atoms with van der Waals surface area (Å²) in [5.74, 6) is -0.798. The highest BCUT2D eigenvalue weighted by molar-refractivity contribution is 7.14. The van der Waals surface area contributed by atoms with Gasteiger partial charge in [0.2, 0.25) is 11.8 Å². The molecule has 190 valence electrons. The third-order valence-electron chi connectivity index (χ3n) is 5.49. The van der Waals surface area contributed by atoms with Crippen LogP contribution in [0.5, 0.6) is 0 Å². The Labute approximate surface area is 214 Å². The summed E-state index contributed by atoms with van der Waals surface area (Å²) in [7, 11) is 0. The Morgan fingerprint density at radius 1 is 0.944 bits per heavy atom. The Morgan fingerprint density at radius 2 is 1.67 bits per heavy atom. The van der Waals surface area contributed by atoms with Gasteiger partial charge in [0.15, 0.2) is 5.13 Å². The Balaban J connectivity index is 1.54. The molecule has 0 aliphatic heterocycles. The molecule has 10 heteroatoms. The summed E-state index contributed by atoms with van der Waals surface area (Å²) in [5, 5.41) is 19.3. The van der Waals surface area contributed by atoms with Crippen molar-refractivity contribution in [3.05, 3.63) is 71.6 Å². The number of hydrogen-bond donors (Lipinski definition) is 5. The molecule has 0 unspecified atom stereocenters. The first-order valence-corrected chi connectivity index (χ1v) is 12.8. The Kier molecular flexibility index (Phi) is 10.9. The van der Waals surface area contributed by atoms with Crippen molar-refractivity contribution in [2.75, 3.05) is 11.9 Å². The van der Waals surface area contributed by atoms with Gasteiger partial charge in [-0.05, 0) is 24.8 Å². The van der Waals surface area contributed by atoms with E-state index in [4.69, 9.17) is 5.21 Å². The minimum Gasteiger partial charge on any atom is -0.338 e. The molecule has 36 heavy (non-hydrogen) atoms. The molecule has 5 N–H and O–H groups in total. The molecule has 0 bridgehead atoms. The molecule has 0 aliphatic carbocycles. The van der Waals surface area contributed by atoms with Gasteiger partial charge in [-0.2, -0.15) is 0 Å². The standard InChI is InChI=1S/C26H31N5O4S/c32-23(31-35)15-9-3-8-14-21(28-25(34)27-17-16-19-10-4-1-5-11-19)24(33)30-26-29-22(18-36-26)20-12-6-2-7-13-20/h1-2,4-7,10-13,18,21,35H,3,8-9,14-17H2,(H,31,32)(H2,27,28,34)(H,29,30,33)/t21-/m0/s1. The number of hydroxylamine groups is 1. The van der Waals surface area contributed by atoms with Gasteiger partial charge in [-0.3, -0.25) is 14.8 Å². The number of anilines is 1. The van der Waals surface area contributed by atoms with E-state index >= 15 is 0 Å². The van der Waals surface area contributed by atoms with Gasteiger partial charge in [0.1, 0.15) is 6.04 Å². The molecule has 0 fully saturated rings. The lowest BCUT2D eigenvalue weighted by Crippen LogP contribution is -2.48. The molecule has 1 aromatic heterocycles. The van der Waals surface area contributed by atoms with Gasteiger partial charge in [0, 0.05) is 23.9 Å². The van der Waals surface area contributed by atoms with Crippen molar-refractivity contribution in [2.45, 2.75) is 44.6 Å². The average molecular weight is 510 g/mol. The number of carbonyl (C=O) groups is 3. The summed E-state index contributed by atoms with van der Waals surface area (Å²) >= 11 is 1.32. The van der Waals surface area contributed by atoms with E-state index in [1.54, 1.807) is 5.48 Å². The van der Waals surface area contributed by atoms with Crippen molar-refractivity contribution in [3.8, 4) is 11.3 Å². The zero-order chi connectivity index (χ0) is 25.6. The lowest BCUT2D eigenvalue weighted by Gasteiger charge is -2.18. The number of nitrogens with zero attached hydrogens (tertiary/aromatic N) is 1. The van der Waals surface area contributed by atoms with E-state index in [1.165, 1.54) is 11.3 Å². The van der Waals surface area contributed by atoms with Gasteiger partial charge < -0.3 is 16.0 Å². The van der Waals surface area contributed by atoms with E-state index in [0.29, 0.717) is 43.8 Å². The summed E-state index contributed by atoms with van der Waals surface area (Å²) < 4.78 is 0. The molecule has 0 saturated heterocycles. The van der Waals surface area contributed by atoms with E-state index in [2.05, 4.69) is 20.9 Å². The summed E-state index contributed by atoms with van der Waals surface area (Å²) in [6, 6.07) is 18.3. The van der Waals surface area contributed by atoms with Crippen LogP contribution in [0.15, 0.2) is 66.0 Å². The molecule has 0 saturated carbocycles. The second-order valence-corrected chi connectivity index (χ2v) is 9.07. The van der Waals surface area contributed by atoms with Crippen LogP contribution in [0.3, 0.4) is 0 Å². The highest BCUT2D eigenvalue weighted by atomic mass is 32.1. The fraction of sp³-hybridized carbons (Fsp3) is 0.308. The smallest absolute Gasteiger partial charge is 0.315 e. The second-order valence-electron chi connectivity index (χ2n) is 8.22. The van der Waals surface area contributed by atoms with Crippen LogP contribution in [0, 0.1) is 0 Å². The molecule has 3 rings (SSSR count). The number of unbranched alkanes of at least 4 members (excludes halogenated alkanes) is 2. The molecule has 0 aliphatic rings. The summed E-state index contributed by atoms with van der Waals surface area (Å²) in [6.07, 6.45) is 3.13. The molecule has 0 spiro atoms. The lowest BCUT2D eigenvalue weighted by atomic mass is 10.1. The number of thiazole rings is 1. The van der Waals surface area contributed by atoms with Crippen LogP contribution in [0.4, 0.5) is 9.93 Å². The second kappa shape index (κ2) is 14.6. The zero-order valence-electron chi connectivity index (χ0n) is 19.9. The molecule has 2 aromatic carbocycles. The van der Waals surface area contributed by atoms with Crippen LogP contribution in [-0.4, -0.2) is 40.6 Å². The van der Waals surface area contributed by atoms with Crippen LogP contribution in [0.1, 0.15) is 37.7 Å². The normalized spacial score (nSPS) is 11.4. The van der Waals surface area contributed by atoms with E-state index in [0.717, 1.165) is 16.8 Å². The maximum absolute atomic E-state index is 13.0. The van der Waals surface area contributed by atoms with Crippen molar-refractivity contribution >= 4 is 34.3 Å². The molecule has 0 radical (unpaired) electrons. The summed E-state index contributed by atoms with van der Waals surface area (Å²) in [5.41, 5.74) is 4.43. The van der Waals surface area contributed by atoms with E-state index in [1.807, 2.05) is 66.0 Å². The molecule has 1 atom stereocenters. The number of aromatic nitrogens is 1. The van der Waals surface area contributed by atoms with Crippen LogP contribution in [0.2, 0.25) is 0 Å². The quantitative estimate of drug-likeness (QED) is 0.134. The zero-order valence-corrected chi connectivity index (χ0v) is 20.7. The van der Waals surface area contributed by atoms with Crippen molar-refractivity contribution in [1.82, 2.24) is 21.1 Å². The van der Waals surface area contributed by atoms with E-state index in [-0.39, 0.29) is 12.3 Å². The third-order valence-corrected chi connectivity index (χ3v) is 6.25. The third kappa shape index (κ3) is 9.12. The SMILES string of the molecule is O=C(CCCCC[C@H](NC(=O)NCCc1ccccc1)C(=O)Nc1nc(-c2ccccc2)cs1)NO. The van der Waals surface area contributed by atoms with Crippen LogP contribution in [-0.2, 0) is 16.0 Å². The van der Waals surface area contributed by atoms with Crippen LogP contribution in [0.25, 0.3) is 11.3 Å². The molecule has 1 heterocycles. The molecular formula is C26H31N5O4S. The van der Waals surface area contributed by atoms with Gasteiger partial charge in [-0.1, -0.05) is 73.5 Å². The number of urea groups is 1. The number of nitrogens with one attached hydrogen (secondary N) is 4. The Hall–Kier alpha value is -3.76. The number of benzene rings is 2. The molecule has 9 nitrogen and oxygen atoms in total. The molecule has 3 aromatic rings. The van der Waals surface area contributed by atoms with Gasteiger partial charge >= 0.3 is 6.03 Å². The fourth-order valence-corrected chi connectivity index (χ4v) is 4.30. The topological polar surface area (TPSA) is 132 Å². The molecule has 4 amide bonds. The first kappa shape index (κ1) is 26.8. The lowest BCUT2D eigenvalue weighted by molar-refractivity contribution is -0.129. The number of hydrogen-bond acceptors (Lipinski definition) is 6. The van der Waals surface area contributed by atoms with Gasteiger partial charge in [0.25, 0.3) is 0 Å². The van der Waals surface area contributed by atoms with Crippen molar-refractivity contribution in [1.29, 1.82) is 0 Å². The predicted molar refractivity (Wildman–Crippen MR) is 140 cm³/mol. The number of carbonyl (C=O) groups excluding carboxylic acids is 3.